The summed E-state index contributed by atoms with van der Waals surface area (Å²) in [6.45, 7) is 0. The van der Waals surface area contributed by atoms with Crippen LogP contribution in [0.5, 0.6) is 5.75 Å². The molecular formula is C34H25ClN2O9. The molecule has 4 aliphatic rings. The number of allylic oxidation sites excluding steroid dienone is 2. The van der Waals surface area contributed by atoms with Crippen LogP contribution in [0.25, 0.3) is 0 Å². The van der Waals surface area contributed by atoms with Gasteiger partial charge in [-0.2, -0.15) is 0 Å². The average Bonchev–Trinajstić information content (AvgIpc) is 3.44. The van der Waals surface area contributed by atoms with Crippen molar-refractivity contribution in [2.24, 2.45) is 29.6 Å². The van der Waals surface area contributed by atoms with Gasteiger partial charge >= 0.3 is 11.9 Å². The number of phenols is 1. The average molecular weight is 641 g/mol. The minimum atomic E-state index is -1.22. The van der Waals surface area contributed by atoms with Crippen LogP contribution in [0.15, 0.2) is 78.4 Å². The van der Waals surface area contributed by atoms with Crippen molar-refractivity contribution in [2.45, 2.75) is 18.8 Å². The molecule has 0 aromatic heterocycles. The van der Waals surface area contributed by atoms with Gasteiger partial charge in [-0.15, -0.1) is 0 Å². The highest BCUT2D eigenvalue weighted by Crippen LogP contribution is 2.59. The van der Waals surface area contributed by atoms with Gasteiger partial charge in [-0.05, 0) is 72.9 Å². The second kappa shape index (κ2) is 10.7. The summed E-state index contributed by atoms with van der Waals surface area (Å²) in [6.07, 6.45) is 2.08. The molecule has 0 spiro atoms. The van der Waals surface area contributed by atoms with E-state index in [-0.39, 0.29) is 46.1 Å². The lowest BCUT2D eigenvalue weighted by molar-refractivity contribution is -0.126. The van der Waals surface area contributed by atoms with Gasteiger partial charge in [0.2, 0.25) is 23.6 Å². The van der Waals surface area contributed by atoms with Crippen molar-refractivity contribution in [1.29, 1.82) is 0 Å². The minimum absolute atomic E-state index is 0.0750. The lowest BCUT2D eigenvalue weighted by atomic mass is 9.57. The zero-order chi connectivity index (χ0) is 32.6. The number of carboxylic acids is 2. The first-order valence-corrected chi connectivity index (χ1v) is 15.0. The van der Waals surface area contributed by atoms with Crippen molar-refractivity contribution >= 4 is 58.5 Å². The van der Waals surface area contributed by atoms with Crippen LogP contribution in [-0.2, 0) is 19.2 Å². The quantitative estimate of drug-likeness (QED) is 0.269. The number of fused-ring (bicyclic) bond motifs is 4. The number of phenolic OH excluding ortho intramolecular Hbond substituents is 1. The number of carbonyl (C=O) groups excluding carboxylic acids is 4. The van der Waals surface area contributed by atoms with Gasteiger partial charge in [0.1, 0.15) is 5.75 Å². The number of rotatable bonds is 5. The maximum atomic E-state index is 14.2. The molecule has 3 fully saturated rings. The van der Waals surface area contributed by atoms with Crippen molar-refractivity contribution in [2.75, 3.05) is 9.80 Å². The van der Waals surface area contributed by atoms with Gasteiger partial charge in [-0.25, -0.2) is 9.59 Å². The third-order valence-electron chi connectivity index (χ3n) is 9.67. The van der Waals surface area contributed by atoms with Crippen molar-refractivity contribution in [3.05, 3.63) is 100 Å². The normalized spacial score (nSPS) is 26.8. The summed E-state index contributed by atoms with van der Waals surface area (Å²) < 4.78 is 0. The van der Waals surface area contributed by atoms with Crippen LogP contribution in [0.4, 0.5) is 11.4 Å². The van der Waals surface area contributed by atoms with Crippen molar-refractivity contribution < 1.29 is 44.1 Å². The number of imide groups is 2. The summed E-state index contributed by atoms with van der Waals surface area (Å²) in [4.78, 5) is 81.4. The number of hydrogen-bond donors (Lipinski definition) is 3. The number of hydrogen-bond acceptors (Lipinski definition) is 7. The highest BCUT2D eigenvalue weighted by atomic mass is 35.5. The molecule has 3 aromatic carbocycles. The number of nitrogens with zero attached hydrogens (tertiary/aromatic N) is 2. The second-order valence-corrected chi connectivity index (χ2v) is 12.4. The summed E-state index contributed by atoms with van der Waals surface area (Å²) in [5.41, 5.74) is 1.19. The van der Waals surface area contributed by atoms with Gasteiger partial charge in [-0.1, -0.05) is 41.4 Å². The Morgan fingerprint density at radius 1 is 0.696 bits per heavy atom. The van der Waals surface area contributed by atoms with Crippen LogP contribution < -0.4 is 9.80 Å². The van der Waals surface area contributed by atoms with E-state index in [1.165, 1.54) is 60.7 Å². The van der Waals surface area contributed by atoms with E-state index in [1.54, 1.807) is 6.07 Å². The fourth-order valence-electron chi connectivity index (χ4n) is 7.77. The molecular weight excluding hydrogens is 616 g/mol. The van der Waals surface area contributed by atoms with Crippen molar-refractivity contribution in [3.8, 4) is 5.75 Å². The number of halogens is 1. The number of carboxylic acid groups (broad SMARTS) is 2. The molecule has 0 bridgehead atoms. The molecule has 2 saturated heterocycles. The van der Waals surface area contributed by atoms with Crippen molar-refractivity contribution in [1.82, 2.24) is 0 Å². The van der Waals surface area contributed by atoms with Gasteiger partial charge < -0.3 is 15.3 Å². The Morgan fingerprint density at radius 3 is 1.83 bits per heavy atom. The van der Waals surface area contributed by atoms with E-state index >= 15 is 0 Å². The van der Waals surface area contributed by atoms with E-state index in [0.717, 1.165) is 9.80 Å². The van der Waals surface area contributed by atoms with Gasteiger partial charge in [0.25, 0.3) is 0 Å². The summed E-state index contributed by atoms with van der Waals surface area (Å²) in [7, 11) is 0. The monoisotopic (exact) mass is 640 g/mol. The number of aromatic hydroxyl groups is 1. The molecule has 6 unspecified atom stereocenters. The minimum Gasteiger partial charge on any atom is -0.508 e. The van der Waals surface area contributed by atoms with Gasteiger partial charge in [0.15, 0.2) is 0 Å². The molecule has 0 radical (unpaired) electrons. The summed E-state index contributed by atoms with van der Waals surface area (Å²) in [5, 5.41) is 29.3. The third kappa shape index (κ3) is 4.33. The van der Waals surface area contributed by atoms with Crippen molar-refractivity contribution in [3.63, 3.8) is 0 Å². The van der Waals surface area contributed by atoms with E-state index in [4.69, 9.17) is 11.6 Å². The van der Waals surface area contributed by atoms with Crippen LogP contribution >= 0.6 is 11.6 Å². The summed E-state index contributed by atoms with van der Waals surface area (Å²) in [5.74, 6) is -9.58. The molecule has 3 aromatic rings. The molecule has 3 N–H and O–H groups in total. The fraction of sp³-hybridized carbons (Fsp3) is 0.235. The lowest BCUT2D eigenvalue weighted by Crippen LogP contribution is -2.43. The largest absolute Gasteiger partial charge is 0.508 e. The number of amides is 4. The molecule has 232 valence electrons. The summed E-state index contributed by atoms with van der Waals surface area (Å²) in [6, 6.07) is 15.4. The Morgan fingerprint density at radius 2 is 1.26 bits per heavy atom. The maximum absolute atomic E-state index is 14.2. The lowest BCUT2D eigenvalue weighted by Gasteiger charge is -2.44. The molecule has 2 heterocycles. The molecule has 2 aliphatic carbocycles. The van der Waals surface area contributed by atoms with E-state index in [2.05, 4.69) is 0 Å². The Bertz CT molecular complexity index is 1940. The standard InChI is InChI=1S/C34H25ClN2O9/c35-25-13-19(38)7-8-21(25)26-20-9-10-22-27(31(41)36(29(22)39)17-5-1-3-15(11-17)33(43)44)23(20)14-24-28(26)32(42)37(30(24)40)18-6-2-4-16(12-18)34(45)46/h1-9,11-13,22-24,26-28,38H,10,14H2,(H,43,44)(H,45,46). The Kier molecular flexibility index (Phi) is 6.82. The van der Waals surface area contributed by atoms with Crippen LogP contribution in [0.2, 0.25) is 5.02 Å². The first-order chi connectivity index (χ1) is 22.0. The Balaban J connectivity index is 1.33. The Hall–Kier alpha value is -5.29. The maximum Gasteiger partial charge on any atom is 0.335 e. The predicted molar refractivity (Wildman–Crippen MR) is 162 cm³/mol. The fourth-order valence-corrected chi connectivity index (χ4v) is 8.06. The predicted octanol–water partition coefficient (Wildman–Crippen LogP) is 4.49. The zero-order valence-corrected chi connectivity index (χ0v) is 24.6. The highest BCUT2D eigenvalue weighted by molar-refractivity contribution is 6.32. The molecule has 11 nitrogen and oxygen atoms in total. The van der Waals surface area contributed by atoms with E-state index < -0.39 is 71.1 Å². The third-order valence-corrected chi connectivity index (χ3v) is 10.00. The number of carbonyl (C=O) groups is 6. The van der Waals surface area contributed by atoms with E-state index in [1.807, 2.05) is 6.08 Å². The van der Waals surface area contributed by atoms with Crippen LogP contribution in [0, 0.1) is 29.6 Å². The first-order valence-electron chi connectivity index (χ1n) is 14.6. The molecule has 6 atom stereocenters. The first kappa shape index (κ1) is 29.4. The van der Waals surface area contributed by atoms with Gasteiger partial charge in [-0.3, -0.25) is 29.0 Å². The molecule has 12 heteroatoms. The molecule has 2 aliphatic heterocycles. The Labute approximate surface area is 266 Å². The van der Waals surface area contributed by atoms with Gasteiger partial charge in [0, 0.05) is 10.9 Å². The SMILES string of the molecule is O=C(O)c1cccc(N2C(=O)C3CC=C4C(CC5C(=O)N(c6cccc(C(=O)O)c6)C(=O)C5C4c4ccc(O)cc4Cl)C3C2=O)c1. The number of aromatic carboxylic acids is 2. The van der Waals surface area contributed by atoms with E-state index in [0.29, 0.717) is 11.1 Å². The summed E-state index contributed by atoms with van der Waals surface area (Å²) >= 11 is 6.64. The molecule has 7 rings (SSSR count). The van der Waals surface area contributed by atoms with E-state index in [9.17, 15) is 44.1 Å². The number of anilines is 2. The highest BCUT2D eigenvalue weighted by Gasteiger charge is 2.62. The number of benzene rings is 3. The molecule has 46 heavy (non-hydrogen) atoms. The van der Waals surface area contributed by atoms with Gasteiger partial charge in [0.05, 0.1) is 46.2 Å². The topological polar surface area (TPSA) is 170 Å². The zero-order valence-electron chi connectivity index (χ0n) is 23.9. The molecule has 4 amide bonds. The van der Waals surface area contributed by atoms with Crippen LogP contribution in [0.3, 0.4) is 0 Å². The van der Waals surface area contributed by atoms with Crippen LogP contribution in [-0.4, -0.2) is 50.9 Å². The molecule has 1 saturated carbocycles. The second-order valence-electron chi connectivity index (χ2n) is 12.0. The van der Waals surface area contributed by atoms with Crippen LogP contribution in [0.1, 0.15) is 45.0 Å². The smallest absolute Gasteiger partial charge is 0.335 e.